The third-order valence-electron chi connectivity index (χ3n) is 9.24. The van der Waals surface area contributed by atoms with Crippen molar-refractivity contribution in [1.29, 1.82) is 0 Å². The molecule has 13 nitrogen and oxygen atoms in total. The molecule has 1 aliphatic rings. The Morgan fingerprint density at radius 3 is 2.42 bits per heavy atom. The van der Waals surface area contributed by atoms with Crippen LogP contribution in [0.15, 0.2) is 62.9 Å². The van der Waals surface area contributed by atoms with Gasteiger partial charge >= 0.3 is 11.1 Å². The summed E-state index contributed by atoms with van der Waals surface area (Å²) in [6, 6.07) is 12.5. The SMILES string of the molecule is CC[C@H](C)[C@@H](Nc1ccc2c(cc1=O)[C@H](NC(C)=O)CCc1cc(OC)c(OC)c(OC)c1-2)C(=O)NCCn1c(=O)c(=O)[nH]c2ccccc21. The molecule has 3 aromatic carbocycles. The maximum Gasteiger partial charge on any atom is 0.316 e. The quantitative estimate of drug-likeness (QED) is 0.163. The molecule has 0 saturated heterocycles. The predicted molar refractivity (Wildman–Crippen MR) is 191 cm³/mol. The number of aromatic amines is 1. The minimum absolute atomic E-state index is 0.0715. The molecule has 264 valence electrons. The van der Waals surface area contributed by atoms with Crippen LogP contribution in [-0.2, 0) is 22.6 Å². The van der Waals surface area contributed by atoms with E-state index in [0.717, 1.165) is 5.56 Å². The Labute approximate surface area is 289 Å². The summed E-state index contributed by atoms with van der Waals surface area (Å²) < 4.78 is 18.5. The Bertz CT molecular complexity index is 2110. The van der Waals surface area contributed by atoms with Gasteiger partial charge < -0.3 is 39.7 Å². The number of nitrogens with one attached hydrogen (secondary N) is 4. The number of amides is 2. The van der Waals surface area contributed by atoms with Crippen molar-refractivity contribution in [3.8, 4) is 28.4 Å². The van der Waals surface area contributed by atoms with Crippen LogP contribution in [0.2, 0.25) is 0 Å². The van der Waals surface area contributed by atoms with Gasteiger partial charge in [0.25, 0.3) is 0 Å². The summed E-state index contributed by atoms with van der Waals surface area (Å²) in [6.07, 6.45) is 1.70. The summed E-state index contributed by atoms with van der Waals surface area (Å²) in [7, 11) is 4.60. The van der Waals surface area contributed by atoms with Gasteiger partial charge in [-0.15, -0.1) is 0 Å². The van der Waals surface area contributed by atoms with Gasteiger partial charge in [0.1, 0.15) is 6.04 Å². The van der Waals surface area contributed by atoms with E-state index in [2.05, 4.69) is 20.9 Å². The van der Waals surface area contributed by atoms with Gasteiger partial charge in [-0.25, -0.2) is 0 Å². The number of carbonyl (C=O) groups is 2. The first kappa shape index (κ1) is 35.7. The van der Waals surface area contributed by atoms with Crippen molar-refractivity contribution >= 4 is 28.5 Å². The minimum Gasteiger partial charge on any atom is -0.493 e. The van der Waals surface area contributed by atoms with E-state index in [1.54, 1.807) is 43.5 Å². The zero-order chi connectivity index (χ0) is 36.1. The maximum atomic E-state index is 13.9. The Kier molecular flexibility index (Phi) is 10.9. The summed E-state index contributed by atoms with van der Waals surface area (Å²) in [4.78, 5) is 67.4. The number of ether oxygens (including phenoxy) is 3. The van der Waals surface area contributed by atoms with Crippen molar-refractivity contribution in [3.63, 3.8) is 0 Å². The third kappa shape index (κ3) is 7.07. The fraction of sp³-hybridized carbons (Fsp3) is 0.378. The van der Waals surface area contributed by atoms with Crippen LogP contribution in [0.25, 0.3) is 22.2 Å². The smallest absolute Gasteiger partial charge is 0.316 e. The van der Waals surface area contributed by atoms with E-state index in [9.17, 15) is 24.0 Å². The average Bonchev–Trinajstić information content (AvgIpc) is 3.35. The fourth-order valence-corrected chi connectivity index (χ4v) is 6.54. The van der Waals surface area contributed by atoms with Crippen LogP contribution in [0, 0.1) is 5.92 Å². The van der Waals surface area contributed by atoms with Crippen LogP contribution < -0.4 is 46.7 Å². The number of carbonyl (C=O) groups excluding carboxylic acids is 2. The second kappa shape index (κ2) is 15.3. The highest BCUT2D eigenvalue weighted by molar-refractivity contribution is 5.86. The number of H-pyrrole nitrogens is 1. The molecule has 0 saturated carbocycles. The highest BCUT2D eigenvalue weighted by Crippen LogP contribution is 2.50. The molecule has 4 N–H and O–H groups in total. The van der Waals surface area contributed by atoms with Crippen LogP contribution in [0.4, 0.5) is 5.69 Å². The molecule has 1 aliphatic carbocycles. The van der Waals surface area contributed by atoms with Gasteiger partial charge in [-0.3, -0.25) is 24.0 Å². The molecular weight excluding hydrogens is 642 g/mol. The predicted octanol–water partition coefficient (Wildman–Crippen LogP) is 3.51. The molecule has 0 unspecified atom stereocenters. The van der Waals surface area contributed by atoms with Crippen molar-refractivity contribution in [3.05, 3.63) is 90.6 Å². The molecule has 1 aromatic heterocycles. The number of para-hydroxylation sites is 2. The van der Waals surface area contributed by atoms with E-state index < -0.39 is 23.2 Å². The number of methoxy groups -OCH3 is 3. The highest BCUT2D eigenvalue weighted by atomic mass is 16.5. The van der Waals surface area contributed by atoms with Crippen molar-refractivity contribution < 1.29 is 23.8 Å². The summed E-state index contributed by atoms with van der Waals surface area (Å²) in [5.41, 5.74) is 2.30. The van der Waals surface area contributed by atoms with Crippen LogP contribution in [0.5, 0.6) is 17.2 Å². The lowest BCUT2D eigenvalue weighted by molar-refractivity contribution is -0.123. The Balaban J connectivity index is 1.51. The fourth-order valence-electron chi connectivity index (χ4n) is 6.54. The van der Waals surface area contributed by atoms with E-state index in [0.29, 0.717) is 64.2 Å². The molecule has 0 fully saturated rings. The van der Waals surface area contributed by atoms with E-state index >= 15 is 0 Å². The molecule has 0 aliphatic heterocycles. The topological polar surface area (TPSA) is 170 Å². The zero-order valence-electron chi connectivity index (χ0n) is 29.1. The lowest BCUT2D eigenvalue weighted by Gasteiger charge is -2.24. The maximum absolute atomic E-state index is 13.9. The normalized spacial score (nSPS) is 14.7. The van der Waals surface area contributed by atoms with Crippen LogP contribution in [0.1, 0.15) is 50.8 Å². The average molecular weight is 686 g/mol. The Morgan fingerprint density at radius 2 is 1.74 bits per heavy atom. The van der Waals surface area contributed by atoms with Gasteiger partial charge in [-0.2, -0.15) is 0 Å². The molecule has 0 radical (unpaired) electrons. The summed E-state index contributed by atoms with van der Waals surface area (Å²) >= 11 is 0. The van der Waals surface area contributed by atoms with Gasteiger partial charge in [0, 0.05) is 25.6 Å². The number of anilines is 1. The molecule has 4 aromatic rings. The van der Waals surface area contributed by atoms with Crippen molar-refractivity contribution in [2.24, 2.45) is 5.92 Å². The van der Waals surface area contributed by atoms with E-state index in [1.807, 2.05) is 19.9 Å². The number of aromatic nitrogens is 2. The largest absolute Gasteiger partial charge is 0.493 e. The van der Waals surface area contributed by atoms with Crippen molar-refractivity contribution in [2.75, 3.05) is 33.2 Å². The second-order valence-electron chi connectivity index (χ2n) is 12.3. The number of aryl methyl sites for hydroxylation is 1. The Hall–Kier alpha value is -5.59. The first-order chi connectivity index (χ1) is 24.0. The molecular formula is C37H43N5O8. The first-order valence-electron chi connectivity index (χ1n) is 16.6. The van der Waals surface area contributed by atoms with Crippen molar-refractivity contribution in [2.45, 2.75) is 58.7 Å². The van der Waals surface area contributed by atoms with Crippen LogP contribution >= 0.6 is 0 Å². The number of hydrogen-bond acceptors (Lipinski definition) is 9. The Morgan fingerprint density at radius 1 is 1.00 bits per heavy atom. The van der Waals surface area contributed by atoms with E-state index in [1.165, 1.54) is 31.8 Å². The number of benzene rings is 2. The molecule has 50 heavy (non-hydrogen) atoms. The molecule has 13 heteroatoms. The second-order valence-corrected chi connectivity index (χ2v) is 12.3. The van der Waals surface area contributed by atoms with Gasteiger partial charge in [0.15, 0.2) is 11.5 Å². The number of rotatable bonds is 12. The van der Waals surface area contributed by atoms with Gasteiger partial charge in [-0.05, 0) is 65.8 Å². The van der Waals surface area contributed by atoms with Crippen molar-refractivity contribution in [1.82, 2.24) is 20.2 Å². The third-order valence-corrected chi connectivity index (χ3v) is 9.24. The lowest BCUT2D eigenvalue weighted by Crippen LogP contribution is -2.46. The number of hydrogen-bond donors (Lipinski definition) is 4. The summed E-state index contributed by atoms with van der Waals surface area (Å²) in [5, 5.41) is 9.07. The molecule has 0 spiro atoms. The molecule has 3 atom stereocenters. The summed E-state index contributed by atoms with van der Waals surface area (Å²) in [5.74, 6) is 0.529. The van der Waals surface area contributed by atoms with Gasteiger partial charge in [0.2, 0.25) is 23.0 Å². The summed E-state index contributed by atoms with van der Waals surface area (Å²) in [6.45, 7) is 5.43. The van der Waals surface area contributed by atoms with Gasteiger partial charge in [-0.1, -0.05) is 38.5 Å². The number of fused-ring (bicyclic) bond motifs is 4. The monoisotopic (exact) mass is 685 g/mol. The standard InChI is InChI=1S/C37H43N5O8/c1-7-20(2)32(35(45)38-16-17-42-28-11-9-8-10-26(28)41-36(46)37(42)47)40-27-15-13-23-24(19-29(27)44)25(39-21(3)43)14-12-22-18-30(48-4)33(49-5)34(50-6)31(22)23/h8-11,13,15,18-20,25,32H,7,12,14,16-17H2,1-6H3,(H,38,45)(H,39,43)(H,40,44)(H,41,46)/t20-,25+,32+/m0/s1. The van der Waals surface area contributed by atoms with Crippen LogP contribution in [0.3, 0.4) is 0 Å². The molecule has 0 bridgehead atoms. The van der Waals surface area contributed by atoms with Crippen LogP contribution in [-0.4, -0.2) is 55.3 Å². The molecule has 5 rings (SSSR count). The van der Waals surface area contributed by atoms with E-state index in [-0.39, 0.29) is 41.9 Å². The minimum atomic E-state index is -0.806. The molecule has 1 heterocycles. The van der Waals surface area contributed by atoms with E-state index in [4.69, 9.17) is 14.2 Å². The first-order valence-corrected chi connectivity index (χ1v) is 16.6. The zero-order valence-corrected chi connectivity index (χ0v) is 29.1. The van der Waals surface area contributed by atoms with Gasteiger partial charge in [0.05, 0.1) is 44.1 Å². The molecule has 2 amide bonds. The highest BCUT2D eigenvalue weighted by Gasteiger charge is 2.30. The number of nitrogens with zero attached hydrogens (tertiary/aromatic N) is 1. The lowest BCUT2D eigenvalue weighted by atomic mass is 9.95.